The van der Waals surface area contributed by atoms with Gasteiger partial charge in [-0.3, -0.25) is 9.69 Å². The SMILES string of the molecule is CCN1CCCC1CNC(=O)CCc1nnc(-c2ccsc2)o1. The van der Waals surface area contributed by atoms with Crippen LogP contribution in [0.3, 0.4) is 0 Å². The molecule has 7 heteroatoms. The summed E-state index contributed by atoms with van der Waals surface area (Å²) in [5.74, 6) is 1.08. The molecular formula is C16H22N4O2S. The smallest absolute Gasteiger partial charge is 0.248 e. The fraction of sp³-hybridized carbons (Fsp3) is 0.562. The predicted octanol–water partition coefficient (Wildman–Crippen LogP) is 2.33. The molecule has 1 amide bonds. The Kier molecular flexibility index (Phi) is 5.40. The molecule has 2 aromatic heterocycles. The summed E-state index contributed by atoms with van der Waals surface area (Å²) < 4.78 is 5.59. The Labute approximate surface area is 139 Å². The monoisotopic (exact) mass is 334 g/mol. The van der Waals surface area contributed by atoms with E-state index < -0.39 is 0 Å². The van der Waals surface area contributed by atoms with Crippen LogP contribution in [0.2, 0.25) is 0 Å². The number of hydrogen-bond donors (Lipinski definition) is 1. The molecule has 124 valence electrons. The number of hydrogen-bond acceptors (Lipinski definition) is 6. The topological polar surface area (TPSA) is 71.3 Å². The fourth-order valence-corrected chi connectivity index (χ4v) is 3.57. The largest absolute Gasteiger partial charge is 0.421 e. The van der Waals surface area contributed by atoms with Crippen LogP contribution in [0.4, 0.5) is 0 Å². The van der Waals surface area contributed by atoms with E-state index in [0.717, 1.165) is 25.2 Å². The zero-order valence-electron chi connectivity index (χ0n) is 13.3. The molecule has 0 aromatic carbocycles. The Balaban J connectivity index is 1.42. The van der Waals surface area contributed by atoms with Crippen molar-refractivity contribution >= 4 is 17.2 Å². The number of amides is 1. The number of carbonyl (C=O) groups excluding carboxylic acids is 1. The Morgan fingerprint density at radius 2 is 2.43 bits per heavy atom. The summed E-state index contributed by atoms with van der Waals surface area (Å²) in [5.41, 5.74) is 0.930. The van der Waals surface area contributed by atoms with Crippen molar-refractivity contribution in [2.24, 2.45) is 0 Å². The second kappa shape index (κ2) is 7.70. The van der Waals surface area contributed by atoms with Gasteiger partial charge >= 0.3 is 0 Å². The van der Waals surface area contributed by atoms with Gasteiger partial charge in [0.2, 0.25) is 17.7 Å². The molecule has 1 unspecified atom stereocenters. The predicted molar refractivity (Wildman–Crippen MR) is 89.2 cm³/mol. The molecule has 0 aliphatic carbocycles. The van der Waals surface area contributed by atoms with E-state index >= 15 is 0 Å². The Morgan fingerprint density at radius 1 is 1.52 bits per heavy atom. The van der Waals surface area contributed by atoms with Crippen LogP contribution in [-0.2, 0) is 11.2 Å². The highest BCUT2D eigenvalue weighted by atomic mass is 32.1. The number of aryl methyl sites for hydroxylation is 1. The lowest BCUT2D eigenvalue weighted by molar-refractivity contribution is -0.121. The van der Waals surface area contributed by atoms with Crippen molar-refractivity contribution in [3.05, 3.63) is 22.7 Å². The molecule has 3 rings (SSSR count). The van der Waals surface area contributed by atoms with Crippen LogP contribution in [0, 0.1) is 0 Å². The zero-order chi connectivity index (χ0) is 16.1. The van der Waals surface area contributed by atoms with E-state index in [1.165, 1.54) is 12.8 Å². The maximum absolute atomic E-state index is 12.0. The molecule has 1 fully saturated rings. The zero-order valence-corrected chi connectivity index (χ0v) is 14.1. The summed E-state index contributed by atoms with van der Waals surface area (Å²) in [5, 5.41) is 15.0. The fourth-order valence-electron chi connectivity index (χ4n) is 2.94. The van der Waals surface area contributed by atoms with Crippen molar-refractivity contribution in [2.45, 2.75) is 38.6 Å². The van der Waals surface area contributed by atoms with E-state index in [9.17, 15) is 4.79 Å². The third kappa shape index (κ3) is 4.17. The Hall–Kier alpha value is -1.73. The third-order valence-corrected chi connectivity index (χ3v) is 4.92. The molecule has 23 heavy (non-hydrogen) atoms. The highest BCUT2D eigenvalue weighted by Crippen LogP contribution is 2.20. The molecular weight excluding hydrogens is 312 g/mol. The second-order valence-corrected chi connectivity index (χ2v) is 6.52. The van der Waals surface area contributed by atoms with Crippen molar-refractivity contribution in [1.29, 1.82) is 0 Å². The molecule has 0 saturated carbocycles. The molecule has 1 aliphatic rings. The minimum Gasteiger partial charge on any atom is -0.421 e. The van der Waals surface area contributed by atoms with Gasteiger partial charge in [-0.15, -0.1) is 10.2 Å². The van der Waals surface area contributed by atoms with Crippen LogP contribution in [0.1, 0.15) is 32.1 Å². The van der Waals surface area contributed by atoms with Crippen molar-refractivity contribution in [1.82, 2.24) is 20.4 Å². The summed E-state index contributed by atoms with van der Waals surface area (Å²) >= 11 is 1.59. The minimum absolute atomic E-state index is 0.0447. The van der Waals surface area contributed by atoms with Crippen molar-refractivity contribution in [2.75, 3.05) is 19.6 Å². The maximum atomic E-state index is 12.0. The lowest BCUT2D eigenvalue weighted by atomic mass is 10.2. The molecule has 3 heterocycles. The summed E-state index contributed by atoms with van der Waals surface area (Å²) in [6, 6.07) is 2.42. The number of nitrogens with zero attached hydrogens (tertiary/aromatic N) is 3. The van der Waals surface area contributed by atoms with Gasteiger partial charge in [-0.1, -0.05) is 6.92 Å². The molecule has 0 bridgehead atoms. The van der Waals surface area contributed by atoms with Crippen LogP contribution in [0.15, 0.2) is 21.2 Å². The first-order valence-corrected chi connectivity index (χ1v) is 9.06. The van der Waals surface area contributed by atoms with Gasteiger partial charge in [0.05, 0.1) is 0 Å². The number of likely N-dealkylation sites (N-methyl/N-ethyl adjacent to an activating group) is 1. The van der Waals surface area contributed by atoms with Gasteiger partial charge in [-0.2, -0.15) is 11.3 Å². The van der Waals surface area contributed by atoms with E-state index in [1.807, 2.05) is 16.8 Å². The van der Waals surface area contributed by atoms with Gasteiger partial charge in [0, 0.05) is 36.4 Å². The maximum Gasteiger partial charge on any atom is 0.248 e. The number of aromatic nitrogens is 2. The molecule has 2 aromatic rings. The normalized spacial score (nSPS) is 18.4. The lowest BCUT2D eigenvalue weighted by Crippen LogP contribution is -2.40. The molecule has 1 saturated heterocycles. The molecule has 0 spiro atoms. The Morgan fingerprint density at radius 3 is 3.22 bits per heavy atom. The lowest BCUT2D eigenvalue weighted by Gasteiger charge is -2.22. The summed E-state index contributed by atoms with van der Waals surface area (Å²) in [7, 11) is 0. The minimum atomic E-state index is 0.0447. The van der Waals surface area contributed by atoms with Gasteiger partial charge in [-0.05, 0) is 37.4 Å². The number of carbonyl (C=O) groups is 1. The second-order valence-electron chi connectivity index (χ2n) is 5.74. The van der Waals surface area contributed by atoms with Crippen LogP contribution in [0.5, 0.6) is 0 Å². The van der Waals surface area contributed by atoms with E-state index in [-0.39, 0.29) is 5.91 Å². The van der Waals surface area contributed by atoms with Gasteiger partial charge in [0.1, 0.15) is 0 Å². The molecule has 1 N–H and O–H groups in total. The highest BCUT2D eigenvalue weighted by Gasteiger charge is 2.23. The average molecular weight is 334 g/mol. The van der Waals surface area contributed by atoms with Crippen LogP contribution in [-0.4, -0.2) is 46.7 Å². The van der Waals surface area contributed by atoms with Gasteiger partial charge in [0.25, 0.3) is 0 Å². The first-order valence-electron chi connectivity index (χ1n) is 8.12. The van der Waals surface area contributed by atoms with E-state index in [4.69, 9.17) is 4.42 Å². The van der Waals surface area contributed by atoms with Crippen LogP contribution >= 0.6 is 11.3 Å². The number of nitrogens with one attached hydrogen (secondary N) is 1. The Bertz CT molecular complexity index is 626. The van der Waals surface area contributed by atoms with Crippen molar-refractivity contribution in [3.63, 3.8) is 0 Å². The third-order valence-electron chi connectivity index (χ3n) is 4.24. The molecule has 0 radical (unpaired) electrons. The summed E-state index contributed by atoms with van der Waals surface area (Å²) in [6.45, 7) is 5.09. The molecule has 6 nitrogen and oxygen atoms in total. The number of likely N-dealkylation sites (tertiary alicyclic amines) is 1. The van der Waals surface area contributed by atoms with Crippen molar-refractivity contribution < 1.29 is 9.21 Å². The standard InChI is InChI=1S/C16H22N4O2S/c1-2-20-8-3-4-13(20)10-17-14(21)5-6-15-18-19-16(22-15)12-7-9-23-11-12/h7,9,11,13H,2-6,8,10H2,1H3,(H,17,21). The first kappa shape index (κ1) is 16.1. The van der Waals surface area contributed by atoms with Gasteiger partial charge in [-0.25, -0.2) is 0 Å². The molecule has 1 atom stereocenters. The summed E-state index contributed by atoms with van der Waals surface area (Å²) in [4.78, 5) is 14.4. The van der Waals surface area contributed by atoms with E-state index in [2.05, 4.69) is 27.3 Å². The average Bonchev–Trinajstić information content (AvgIpc) is 3.31. The quantitative estimate of drug-likeness (QED) is 0.841. The van der Waals surface area contributed by atoms with Gasteiger partial charge in [0.15, 0.2) is 0 Å². The highest BCUT2D eigenvalue weighted by molar-refractivity contribution is 7.08. The van der Waals surface area contributed by atoms with Crippen LogP contribution < -0.4 is 5.32 Å². The number of rotatable bonds is 7. The van der Waals surface area contributed by atoms with E-state index in [0.29, 0.717) is 30.7 Å². The summed E-state index contributed by atoms with van der Waals surface area (Å²) in [6.07, 6.45) is 3.25. The van der Waals surface area contributed by atoms with E-state index in [1.54, 1.807) is 11.3 Å². The van der Waals surface area contributed by atoms with Crippen molar-refractivity contribution in [3.8, 4) is 11.5 Å². The molecule has 1 aliphatic heterocycles. The van der Waals surface area contributed by atoms with Crippen LogP contribution in [0.25, 0.3) is 11.5 Å². The first-order chi connectivity index (χ1) is 11.3. The van der Waals surface area contributed by atoms with Gasteiger partial charge < -0.3 is 9.73 Å². The number of thiophene rings is 1.